The molecule has 0 fully saturated rings. The molecule has 7 heteroatoms. The number of carbonyl (C=O) groups is 2. The second kappa shape index (κ2) is 6.31. The minimum Gasteiger partial charge on any atom is -0.478 e. The molecule has 0 spiro atoms. The molecule has 1 aliphatic rings. The zero-order valence-electron chi connectivity index (χ0n) is 13.5. The minimum atomic E-state index is -1.10. The summed E-state index contributed by atoms with van der Waals surface area (Å²) in [5.74, 6) is -1.61. The molecular weight excluding hydrogens is 354 g/mol. The number of carbonyl (C=O) groups excluding carboxylic acids is 1. The van der Waals surface area contributed by atoms with Crippen molar-refractivity contribution in [3.05, 3.63) is 76.8 Å². The Morgan fingerprint density at radius 1 is 1.27 bits per heavy atom. The van der Waals surface area contributed by atoms with Gasteiger partial charge in [-0.05, 0) is 35.9 Å². The highest BCUT2D eigenvalue weighted by Gasteiger charge is 2.34. The fraction of sp³-hybridized carbons (Fsp3) is 0.105. The summed E-state index contributed by atoms with van der Waals surface area (Å²) in [6.07, 6.45) is 5.11. The first kappa shape index (κ1) is 16.4. The van der Waals surface area contributed by atoms with Crippen LogP contribution in [0.2, 0.25) is 5.02 Å². The van der Waals surface area contributed by atoms with E-state index in [0.29, 0.717) is 10.7 Å². The van der Waals surface area contributed by atoms with Crippen molar-refractivity contribution in [3.8, 4) is 5.69 Å². The number of carboxylic acids is 1. The lowest BCUT2D eigenvalue weighted by Crippen LogP contribution is -2.25. The fourth-order valence-electron chi connectivity index (χ4n) is 3.30. The minimum absolute atomic E-state index is 0.0527. The van der Waals surface area contributed by atoms with Gasteiger partial charge in [0.15, 0.2) is 0 Å². The van der Waals surface area contributed by atoms with Crippen LogP contribution in [0.15, 0.2) is 55.0 Å². The number of fused-ring (bicyclic) bond motifs is 1. The van der Waals surface area contributed by atoms with Crippen LogP contribution in [0.4, 0.5) is 5.69 Å². The van der Waals surface area contributed by atoms with Crippen LogP contribution in [0.1, 0.15) is 34.0 Å². The summed E-state index contributed by atoms with van der Waals surface area (Å²) in [5, 5.41) is 12.9. The lowest BCUT2D eigenvalue weighted by Gasteiger charge is -2.26. The predicted octanol–water partition coefficient (Wildman–Crippen LogP) is 3.70. The smallest absolute Gasteiger partial charge is 0.339 e. The third kappa shape index (κ3) is 2.74. The first-order valence-corrected chi connectivity index (χ1v) is 8.36. The number of anilines is 1. The Morgan fingerprint density at radius 2 is 2.04 bits per heavy atom. The maximum atomic E-state index is 12.2. The fourth-order valence-corrected chi connectivity index (χ4v) is 3.43. The highest BCUT2D eigenvalue weighted by Crippen LogP contribution is 2.41. The SMILES string of the molecule is O=C1C[C@H](c2cccnc2)c2c(c(C(=O)O)cn2-c2ccc(Cl)cc2)N1. The summed E-state index contributed by atoms with van der Waals surface area (Å²) in [7, 11) is 0. The van der Waals surface area contributed by atoms with Crippen LogP contribution < -0.4 is 5.32 Å². The standard InChI is InChI=1S/C19H14ClN3O3/c20-12-3-5-13(6-4-12)23-10-15(19(25)26)17-18(23)14(8-16(24)22-17)11-2-1-7-21-9-11/h1-7,9-10,14H,8H2,(H,22,24)(H,25,26)/t14-/m1/s1. The number of hydrogen-bond acceptors (Lipinski definition) is 3. The highest BCUT2D eigenvalue weighted by molar-refractivity contribution is 6.30. The number of amides is 1. The van der Waals surface area contributed by atoms with Crippen LogP contribution >= 0.6 is 11.6 Å². The van der Waals surface area contributed by atoms with Crippen molar-refractivity contribution in [2.45, 2.75) is 12.3 Å². The van der Waals surface area contributed by atoms with E-state index in [1.54, 1.807) is 35.2 Å². The Labute approximate surface area is 154 Å². The van der Waals surface area contributed by atoms with Crippen molar-refractivity contribution in [2.24, 2.45) is 0 Å². The Bertz CT molecular complexity index is 997. The van der Waals surface area contributed by atoms with Gasteiger partial charge in [-0.25, -0.2) is 4.79 Å². The molecule has 3 heterocycles. The molecule has 0 unspecified atom stereocenters. The lowest BCUT2D eigenvalue weighted by molar-refractivity contribution is -0.116. The topological polar surface area (TPSA) is 84.2 Å². The van der Waals surface area contributed by atoms with Crippen LogP contribution in [-0.4, -0.2) is 26.5 Å². The zero-order valence-corrected chi connectivity index (χ0v) is 14.3. The molecule has 1 amide bonds. The van der Waals surface area contributed by atoms with Crippen molar-refractivity contribution in [2.75, 3.05) is 5.32 Å². The molecule has 2 N–H and O–H groups in total. The number of aromatic nitrogens is 2. The van der Waals surface area contributed by atoms with Gasteiger partial charge in [0.1, 0.15) is 5.56 Å². The van der Waals surface area contributed by atoms with E-state index >= 15 is 0 Å². The maximum Gasteiger partial charge on any atom is 0.339 e. The number of pyridine rings is 1. The van der Waals surface area contributed by atoms with Crippen molar-refractivity contribution >= 4 is 29.2 Å². The number of hydrogen-bond donors (Lipinski definition) is 2. The predicted molar refractivity (Wildman–Crippen MR) is 97.1 cm³/mol. The van der Waals surface area contributed by atoms with Gasteiger partial charge < -0.3 is 15.0 Å². The van der Waals surface area contributed by atoms with E-state index in [9.17, 15) is 14.7 Å². The van der Waals surface area contributed by atoms with E-state index < -0.39 is 5.97 Å². The number of nitrogens with zero attached hydrogens (tertiary/aromatic N) is 2. The van der Waals surface area contributed by atoms with Crippen LogP contribution in [0.5, 0.6) is 0 Å². The summed E-state index contributed by atoms with van der Waals surface area (Å²) in [4.78, 5) is 28.1. The third-order valence-corrected chi connectivity index (χ3v) is 4.70. The van der Waals surface area contributed by atoms with Crippen LogP contribution in [0, 0.1) is 0 Å². The van der Waals surface area contributed by atoms with Gasteiger partial charge in [-0.15, -0.1) is 0 Å². The van der Waals surface area contributed by atoms with Gasteiger partial charge >= 0.3 is 5.97 Å². The van der Waals surface area contributed by atoms with Crippen molar-refractivity contribution in [1.82, 2.24) is 9.55 Å². The van der Waals surface area contributed by atoms with E-state index in [1.807, 2.05) is 18.2 Å². The molecule has 6 nitrogen and oxygen atoms in total. The Kier molecular flexibility index (Phi) is 3.97. The van der Waals surface area contributed by atoms with Crippen molar-refractivity contribution in [3.63, 3.8) is 0 Å². The van der Waals surface area contributed by atoms with Crippen LogP contribution in [0.25, 0.3) is 5.69 Å². The molecule has 26 heavy (non-hydrogen) atoms. The summed E-state index contributed by atoms with van der Waals surface area (Å²) in [5.41, 5.74) is 2.73. The van der Waals surface area contributed by atoms with E-state index in [1.165, 1.54) is 6.20 Å². The van der Waals surface area contributed by atoms with Gasteiger partial charge in [0.25, 0.3) is 0 Å². The highest BCUT2D eigenvalue weighted by atomic mass is 35.5. The second-order valence-electron chi connectivity index (χ2n) is 6.05. The van der Waals surface area contributed by atoms with Gasteiger partial charge in [-0.1, -0.05) is 17.7 Å². The van der Waals surface area contributed by atoms with Crippen LogP contribution in [-0.2, 0) is 4.79 Å². The molecule has 0 saturated heterocycles. The molecule has 0 aliphatic carbocycles. The number of carboxylic acid groups (broad SMARTS) is 1. The van der Waals surface area contributed by atoms with Gasteiger partial charge in [0.05, 0.1) is 11.4 Å². The average molecular weight is 368 g/mol. The largest absolute Gasteiger partial charge is 0.478 e. The Balaban J connectivity index is 1.97. The van der Waals surface area contributed by atoms with Gasteiger partial charge in [0, 0.05) is 41.6 Å². The molecule has 1 aliphatic heterocycles. The van der Waals surface area contributed by atoms with E-state index in [0.717, 1.165) is 16.9 Å². The first-order valence-electron chi connectivity index (χ1n) is 7.99. The van der Waals surface area contributed by atoms with E-state index in [-0.39, 0.29) is 23.8 Å². The normalized spacial score (nSPS) is 16.0. The van der Waals surface area contributed by atoms with Gasteiger partial charge in [0.2, 0.25) is 5.91 Å². The summed E-state index contributed by atoms with van der Waals surface area (Å²) in [6, 6.07) is 10.8. The maximum absolute atomic E-state index is 12.2. The van der Waals surface area contributed by atoms with Crippen molar-refractivity contribution in [1.29, 1.82) is 0 Å². The number of aromatic carboxylic acids is 1. The molecular formula is C19H14ClN3O3. The Hall–Kier alpha value is -3.12. The quantitative estimate of drug-likeness (QED) is 0.739. The molecule has 0 saturated carbocycles. The number of nitrogens with one attached hydrogen (secondary N) is 1. The molecule has 2 aromatic heterocycles. The van der Waals surface area contributed by atoms with Crippen molar-refractivity contribution < 1.29 is 14.7 Å². The third-order valence-electron chi connectivity index (χ3n) is 4.45. The average Bonchev–Trinajstić information content (AvgIpc) is 3.02. The van der Waals surface area contributed by atoms with Crippen LogP contribution in [0.3, 0.4) is 0 Å². The summed E-state index contributed by atoms with van der Waals surface area (Å²) < 4.78 is 1.80. The molecule has 130 valence electrons. The first-order chi connectivity index (χ1) is 12.5. The molecule has 1 atom stereocenters. The van der Waals surface area contributed by atoms with E-state index in [2.05, 4.69) is 10.3 Å². The number of halogens is 1. The van der Waals surface area contributed by atoms with Gasteiger partial charge in [-0.2, -0.15) is 0 Å². The Morgan fingerprint density at radius 3 is 2.69 bits per heavy atom. The van der Waals surface area contributed by atoms with E-state index in [4.69, 9.17) is 11.6 Å². The molecule has 3 aromatic rings. The number of rotatable bonds is 3. The molecule has 4 rings (SSSR count). The summed E-state index contributed by atoms with van der Waals surface area (Å²) >= 11 is 5.97. The monoisotopic (exact) mass is 367 g/mol. The lowest BCUT2D eigenvalue weighted by atomic mass is 9.89. The molecule has 1 aromatic carbocycles. The van der Waals surface area contributed by atoms with Gasteiger partial charge in [-0.3, -0.25) is 9.78 Å². The molecule has 0 radical (unpaired) electrons. The number of benzene rings is 1. The zero-order chi connectivity index (χ0) is 18.3. The molecule has 0 bridgehead atoms. The second-order valence-corrected chi connectivity index (χ2v) is 6.48. The summed E-state index contributed by atoms with van der Waals surface area (Å²) in [6.45, 7) is 0.